The number of hydrogen-bond donors (Lipinski definition) is 3. The van der Waals surface area contributed by atoms with Crippen LogP contribution in [0.15, 0.2) is 65.3 Å². The minimum absolute atomic E-state index is 0.0472. The van der Waals surface area contributed by atoms with Crippen molar-refractivity contribution in [2.45, 2.75) is 69.3 Å². The number of aromatic nitrogens is 1. The Kier molecular flexibility index (Phi) is 7.89. The van der Waals surface area contributed by atoms with Gasteiger partial charge in [0.1, 0.15) is 11.8 Å². The molecule has 1 saturated heterocycles. The Morgan fingerprint density at radius 3 is 2.79 bits per heavy atom. The summed E-state index contributed by atoms with van der Waals surface area (Å²) in [4.78, 5) is 43.4. The van der Waals surface area contributed by atoms with Gasteiger partial charge in [0.2, 0.25) is 5.91 Å². The van der Waals surface area contributed by atoms with Crippen LogP contribution in [0.1, 0.15) is 40.0 Å². The highest BCUT2D eigenvalue weighted by Crippen LogP contribution is 2.25. The number of pyridine rings is 1. The molecule has 0 aromatic carbocycles. The van der Waals surface area contributed by atoms with Crippen LogP contribution in [-0.2, 0) is 29.1 Å². The number of carbonyl (C=O) groups excluding carboxylic acids is 3. The first-order chi connectivity index (χ1) is 18.5. The molecule has 4 atom stereocenters. The van der Waals surface area contributed by atoms with E-state index in [1.165, 1.54) is 24.5 Å². The van der Waals surface area contributed by atoms with Gasteiger partial charge in [0.05, 0.1) is 18.3 Å². The second-order valence-electron chi connectivity index (χ2n) is 9.95. The van der Waals surface area contributed by atoms with Gasteiger partial charge in [0.25, 0.3) is 15.9 Å². The van der Waals surface area contributed by atoms with E-state index >= 15 is 0 Å². The van der Waals surface area contributed by atoms with Gasteiger partial charge in [-0.1, -0.05) is 19.9 Å². The molecular weight excluding hydrogens is 510 g/mol. The van der Waals surface area contributed by atoms with Gasteiger partial charge < -0.3 is 20.7 Å². The van der Waals surface area contributed by atoms with Crippen molar-refractivity contribution in [2.24, 2.45) is 5.92 Å². The first kappa shape index (κ1) is 26.1. The Morgan fingerprint density at radius 1 is 1.32 bits per heavy atom. The third kappa shape index (κ3) is 6.13. The maximum Gasteiger partial charge on any atom is 0.265 e. The number of fused-ring (bicyclic) bond motifs is 1. The quantitative estimate of drug-likeness (QED) is 0.441. The van der Waals surface area contributed by atoms with Crippen LogP contribution in [0.3, 0.4) is 0 Å². The molecule has 1 aromatic heterocycles. The van der Waals surface area contributed by atoms with Crippen molar-refractivity contribution in [2.75, 3.05) is 6.54 Å². The van der Waals surface area contributed by atoms with Crippen molar-refractivity contribution in [3.05, 3.63) is 60.3 Å². The Labute approximate surface area is 223 Å². The van der Waals surface area contributed by atoms with Crippen LogP contribution in [0.4, 0.5) is 0 Å². The predicted molar refractivity (Wildman–Crippen MR) is 138 cm³/mol. The summed E-state index contributed by atoms with van der Waals surface area (Å²) in [6.07, 6.45) is 7.58. The van der Waals surface area contributed by atoms with E-state index in [4.69, 9.17) is 6.15 Å². The molecule has 0 bridgehead atoms. The maximum atomic E-state index is 13.3. The summed E-state index contributed by atoms with van der Waals surface area (Å²) in [5.74, 6) is -1.08. The third-order valence-corrected chi connectivity index (χ3v) is 8.43. The molecular formula is C26H33N5O6S. The zero-order valence-corrected chi connectivity index (χ0v) is 22.3. The first-order valence-corrected chi connectivity index (χ1v) is 14.0. The predicted octanol–water partition coefficient (Wildman–Crippen LogP) is 1.12. The number of allylic oxidation sites excluding steroid dienone is 2. The Bertz CT molecular complexity index is 1310. The average Bonchev–Trinajstić information content (AvgIpc) is 3.29. The van der Waals surface area contributed by atoms with E-state index in [1.807, 2.05) is 13.8 Å². The van der Waals surface area contributed by atoms with E-state index in [2.05, 4.69) is 15.6 Å². The molecule has 3 N–H and O–H groups in total. The summed E-state index contributed by atoms with van der Waals surface area (Å²) in [6.45, 7) is 5.13. The molecule has 3 aliphatic heterocycles. The number of hydrogen-bond acceptors (Lipinski definition) is 8. The van der Waals surface area contributed by atoms with Crippen molar-refractivity contribution in [3.8, 4) is 0 Å². The van der Waals surface area contributed by atoms with E-state index in [0.29, 0.717) is 24.3 Å². The van der Waals surface area contributed by atoms with Crippen LogP contribution >= 0.6 is 0 Å². The Morgan fingerprint density at radius 2 is 2.11 bits per heavy atom. The van der Waals surface area contributed by atoms with Gasteiger partial charge >= 0.3 is 0 Å². The summed E-state index contributed by atoms with van der Waals surface area (Å²) in [6, 6.07) is 2.22. The summed E-state index contributed by atoms with van der Waals surface area (Å²) in [5, 5.41) is 6.42. The van der Waals surface area contributed by atoms with Gasteiger partial charge in [0, 0.05) is 18.4 Å². The number of ether oxygens (including phenoxy) is 1. The smallest absolute Gasteiger partial charge is 0.265 e. The topological polar surface area (TPSA) is 147 Å². The highest BCUT2D eigenvalue weighted by Gasteiger charge is 2.38. The molecule has 0 radical (unpaired) electrons. The molecule has 11 nitrogen and oxygen atoms in total. The molecule has 12 heteroatoms. The van der Waals surface area contributed by atoms with Crippen molar-refractivity contribution >= 4 is 27.6 Å². The first-order valence-electron chi connectivity index (χ1n) is 13.0. The lowest BCUT2D eigenvalue weighted by Crippen LogP contribution is -2.54. The number of amides is 2. The fraction of sp³-hybridized carbons (Fsp3) is 0.462. The SMILES string of the molecule is [2H]N1C=CC=C2OC(C(=O)N[C@@H](CC(C)C)C(=O)N[C@H]3CC[C@@H](C)N(S(=O)(=O)c4ccccn4)CC3=O)C=C21. The average molecular weight is 545 g/mol. The largest absolute Gasteiger partial charge is 0.474 e. The molecule has 0 saturated carbocycles. The number of nitrogens with zero attached hydrogens (tertiary/aromatic N) is 2. The van der Waals surface area contributed by atoms with Gasteiger partial charge in [0.15, 0.2) is 18.3 Å². The minimum Gasteiger partial charge on any atom is -0.474 e. The highest BCUT2D eigenvalue weighted by atomic mass is 32.2. The fourth-order valence-electron chi connectivity index (χ4n) is 4.53. The molecule has 38 heavy (non-hydrogen) atoms. The third-order valence-electron chi connectivity index (χ3n) is 6.55. The monoisotopic (exact) mass is 544 g/mol. The molecule has 4 rings (SSSR count). The molecule has 3 aliphatic rings. The van der Waals surface area contributed by atoms with Crippen molar-refractivity contribution in [3.63, 3.8) is 0 Å². The molecule has 204 valence electrons. The fourth-order valence-corrected chi connectivity index (χ4v) is 6.09. The lowest BCUT2D eigenvalue weighted by atomic mass is 10.0. The second-order valence-corrected chi connectivity index (χ2v) is 11.8. The zero-order chi connectivity index (χ0) is 28.3. The van der Waals surface area contributed by atoms with Crippen LogP contribution in [-0.4, -0.2) is 66.1 Å². The van der Waals surface area contributed by atoms with Crippen molar-refractivity contribution in [1.29, 1.82) is 0 Å². The summed E-state index contributed by atoms with van der Waals surface area (Å²) < 4.78 is 41.0. The summed E-state index contributed by atoms with van der Waals surface area (Å²) in [7, 11) is -4.00. The highest BCUT2D eigenvalue weighted by molar-refractivity contribution is 7.89. The number of dihydropyridines is 1. The van der Waals surface area contributed by atoms with Crippen molar-refractivity contribution < 1.29 is 29.0 Å². The van der Waals surface area contributed by atoms with E-state index in [0.717, 1.165) is 9.62 Å². The number of sulfonamides is 1. The zero-order valence-electron chi connectivity index (χ0n) is 22.5. The Balaban J connectivity index is 1.43. The summed E-state index contributed by atoms with van der Waals surface area (Å²) >= 11 is 0. The lowest BCUT2D eigenvalue weighted by Gasteiger charge is -2.25. The molecule has 0 spiro atoms. The number of rotatable bonds is 8. The minimum atomic E-state index is -4.00. The molecule has 1 aromatic rings. The standard InChI is InChI=1S/C26H33N5O6S/c1-16(2)13-20(30-26(34)23-14-19-22(37-23)7-6-12-27-19)25(33)29-18-10-9-17(3)31(15-21(18)32)38(35,36)24-8-4-5-11-28-24/h4-8,11-12,14,16-18,20,23,27H,9-10,13,15H2,1-3H3,(H,29,33)(H,30,34)/t17-,18+,20+,23?/m1/s1/i/hD. The van der Waals surface area contributed by atoms with E-state index in [-0.39, 0.29) is 17.4 Å². The molecule has 1 unspecified atom stereocenters. The molecule has 1 fully saturated rings. The second kappa shape index (κ2) is 11.5. The van der Waals surface area contributed by atoms with Crippen LogP contribution < -0.4 is 15.9 Å². The van der Waals surface area contributed by atoms with Gasteiger partial charge in [-0.2, -0.15) is 4.31 Å². The van der Waals surface area contributed by atoms with Gasteiger partial charge in [-0.3, -0.25) is 14.4 Å². The van der Waals surface area contributed by atoms with Crippen LogP contribution in [0.5, 0.6) is 0 Å². The van der Waals surface area contributed by atoms with Gasteiger partial charge in [-0.15, -0.1) is 0 Å². The lowest BCUT2D eigenvalue weighted by molar-refractivity contribution is -0.134. The van der Waals surface area contributed by atoms with Gasteiger partial charge in [-0.25, -0.2) is 13.4 Å². The molecule has 4 heterocycles. The maximum absolute atomic E-state index is 13.3. The van der Waals surface area contributed by atoms with Crippen molar-refractivity contribution in [1.82, 2.24) is 25.2 Å². The van der Waals surface area contributed by atoms with Crippen LogP contribution in [0.2, 0.25) is 1.41 Å². The number of ketones is 1. The van der Waals surface area contributed by atoms with Gasteiger partial charge in [-0.05, 0) is 62.5 Å². The van der Waals surface area contributed by atoms with E-state index < -0.39 is 58.4 Å². The van der Waals surface area contributed by atoms with Crippen LogP contribution in [0, 0.1) is 5.92 Å². The number of nitrogens with one attached hydrogen (secondary N) is 3. The number of carbonyl (C=O) groups is 3. The molecule has 2 amide bonds. The normalized spacial score (nSPS) is 24.9. The Hall–Kier alpha value is -3.51. The van der Waals surface area contributed by atoms with Crippen LogP contribution in [0.25, 0.3) is 0 Å². The molecule has 0 aliphatic carbocycles. The van der Waals surface area contributed by atoms with E-state index in [1.54, 1.807) is 31.2 Å². The summed E-state index contributed by atoms with van der Waals surface area (Å²) in [5.41, 5.74) is 0.436. The number of Topliss-reactive ketones (excluding diaryl/α,β-unsaturated/α-hetero) is 1. The van der Waals surface area contributed by atoms with E-state index in [9.17, 15) is 22.8 Å².